The number of rotatable bonds is 7. The van der Waals surface area contributed by atoms with Crippen molar-refractivity contribution in [2.45, 2.75) is 29.7 Å². The van der Waals surface area contributed by atoms with E-state index in [1.807, 2.05) is 31.2 Å². The van der Waals surface area contributed by atoms with Gasteiger partial charge in [-0.25, -0.2) is 0 Å². The zero-order valence-corrected chi connectivity index (χ0v) is 20.8. The largest absolute Gasteiger partial charge is 0.489 e. The zero-order valence-electron chi connectivity index (χ0n) is 19.2. The van der Waals surface area contributed by atoms with Gasteiger partial charge in [-0.1, -0.05) is 52.9 Å². The van der Waals surface area contributed by atoms with E-state index >= 15 is 0 Å². The Balaban J connectivity index is 1.63. The Kier molecular flexibility index (Phi) is 6.33. The van der Waals surface area contributed by atoms with Gasteiger partial charge in [0.2, 0.25) is 11.8 Å². The molecular weight excluding hydrogens is 522 g/mol. The number of nitrogens with zero attached hydrogens (tertiary/aromatic N) is 2. The van der Waals surface area contributed by atoms with E-state index in [4.69, 9.17) is 4.74 Å². The maximum Gasteiger partial charge on any atom is 0.323 e. The van der Waals surface area contributed by atoms with Crippen molar-refractivity contribution >= 4 is 46.6 Å². The van der Waals surface area contributed by atoms with Crippen LogP contribution in [0.2, 0.25) is 0 Å². The molecule has 0 radical (unpaired) electrons. The number of fused-ring (bicyclic) bond motifs is 2. The molecular formula is C24H19N3O8S2. The average Bonchev–Trinajstić information content (AvgIpc) is 3.33. The summed E-state index contributed by atoms with van der Waals surface area (Å²) >= 11 is 1.84. The lowest BCUT2D eigenvalue weighted by Crippen LogP contribution is -2.36. The molecule has 0 bridgehead atoms. The van der Waals surface area contributed by atoms with Gasteiger partial charge in [0.15, 0.2) is 0 Å². The number of nitro groups is 1. The highest BCUT2D eigenvalue weighted by Gasteiger charge is 2.56. The van der Waals surface area contributed by atoms with Crippen LogP contribution in [-0.4, -0.2) is 49.5 Å². The summed E-state index contributed by atoms with van der Waals surface area (Å²) in [7, 11) is 0. The summed E-state index contributed by atoms with van der Waals surface area (Å²) in [6.07, 6.45) is 0. The normalized spacial score (nSPS) is 20.5. The summed E-state index contributed by atoms with van der Waals surface area (Å²) in [5.74, 6) is -4.49. The van der Waals surface area contributed by atoms with Gasteiger partial charge in [0, 0.05) is 28.5 Å². The molecule has 3 aromatic rings. The van der Waals surface area contributed by atoms with E-state index in [0.29, 0.717) is 14.8 Å². The molecule has 2 N–H and O–H groups in total. The molecule has 0 aliphatic carbocycles. The number of carbonyl (C=O) groups excluding carboxylic acids is 2. The first-order valence-electron chi connectivity index (χ1n) is 11.1. The smallest absolute Gasteiger partial charge is 0.323 e. The molecule has 37 heavy (non-hydrogen) atoms. The van der Waals surface area contributed by atoms with E-state index < -0.39 is 51.2 Å². The first kappa shape index (κ1) is 24.7. The number of carboxylic acid groups (broad SMARTS) is 1. The number of nitro benzene ring substituents is 1. The van der Waals surface area contributed by atoms with Crippen LogP contribution in [0.3, 0.4) is 0 Å². The molecule has 3 heterocycles. The number of thioether (sulfide) groups is 1. The lowest BCUT2D eigenvalue weighted by molar-refractivity contribution is -0.385. The van der Waals surface area contributed by atoms with E-state index in [1.54, 1.807) is 0 Å². The monoisotopic (exact) mass is 541 g/mol. The number of aromatic amines is 1. The molecule has 2 aliphatic heterocycles. The molecule has 1 fully saturated rings. The minimum absolute atomic E-state index is 0.135. The SMILES string of the molecule is Cc1cccc(COc2ccc([N+](=O)[O-])cc2[C@@H]2c3sc(=O)[nH]c3SC3C(=O)N(CC(=O)O)C(=O)C32)c1. The van der Waals surface area contributed by atoms with Gasteiger partial charge in [-0.05, 0) is 18.6 Å². The second-order valence-corrected chi connectivity index (χ2v) is 10.8. The number of nitrogens with one attached hydrogen (secondary N) is 1. The molecule has 3 atom stereocenters. The van der Waals surface area contributed by atoms with Crippen LogP contribution >= 0.6 is 23.1 Å². The molecule has 0 saturated carbocycles. The second kappa shape index (κ2) is 9.48. The van der Waals surface area contributed by atoms with Gasteiger partial charge in [-0.2, -0.15) is 0 Å². The second-order valence-electron chi connectivity index (χ2n) is 8.66. The Bertz CT molecular complexity index is 1510. The number of ether oxygens (including phenoxy) is 1. The Morgan fingerprint density at radius 1 is 1.19 bits per heavy atom. The Morgan fingerprint density at radius 3 is 2.68 bits per heavy atom. The standard InChI is InChI=1S/C24H19N3O8S2/c1-11-3-2-4-12(7-11)10-35-15-6-5-13(27(33)34)8-14(15)17-18-20(36-21-19(17)37-24(32)25-21)23(31)26(22(18)30)9-16(28)29/h2-8,17-18,20H,9-10H2,1H3,(H,25,32)(H,28,29)/t17-,18?,20?/m0/s1. The summed E-state index contributed by atoms with van der Waals surface area (Å²) < 4.78 is 6.07. The molecule has 2 unspecified atom stereocenters. The van der Waals surface area contributed by atoms with Crippen LogP contribution in [0, 0.1) is 23.0 Å². The van der Waals surface area contributed by atoms with Crippen molar-refractivity contribution < 1.29 is 29.2 Å². The molecule has 190 valence electrons. The predicted octanol–water partition coefficient (Wildman–Crippen LogP) is 2.91. The van der Waals surface area contributed by atoms with Crippen LogP contribution in [-0.2, 0) is 21.0 Å². The van der Waals surface area contributed by atoms with Crippen molar-refractivity contribution in [2.75, 3.05) is 6.54 Å². The molecule has 0 spiro atoms. The number of non-ortho nitro benzene ring substituents is 1. The van der Waals surface area contributed by atoms with Crippen LogP contribution in [0.15, 0.2) is 52.3 Å². The van der Waals surface area contributed by atoms with Gasteiger partial charge in [0.05, 0.1) is 15.9 Å². The number of hydrogen-bond acceptors (Lipinski definition) is 9. The Labute approximate surface area is 217 Å². The highest BCUT2D eigenvalue weighted by molar-refractivity contribution is 8.00. The van der Waals surface area contributed by atoms with Crippen molar-refractivity contribution in [3.8, 4) is 5.75 Å². The molecule has 2 aliphatic rings. The van der Waals surface area contributed by atoms with E-state index in [0.717, 1.165) is 34.2 Å². The van der Waals surface area contributed by atoms with Crippen LogP contribution in [0.5, 0.6) is 5.75 Å². The number of aromatic nitrogens is 1. The number of hydrogen-bond donors (Lipinski definition) is 2. The lowest BCUT2D eigenvalue weighted by Gasteiger charge is -2.30. The topological polar surface area (TPSA) is 160 Å². The number of thiazole rings is 1. The molecule has 5 rings (SSSR count). The maximum absolute atomic E-state index is 13.4. The summed E-state index contributed by atoms with van der Waals surface area (Å²) in [6, 6.07) is 11.6. The average molecular weight is 542 g/mol. The van der Waals surface area contributed by atoms with E-state index in [-0.39, 0.29) is 23.6 Å². The third-order valence-corrected chi connectivity index (χ3v) is 8.63. The fourth-order valence-electron chi connectivity index (χ4n) is 4.69. The molecule has 13 heteroatoms. The fraction of sp³-hybridized carbons (Fsp3) is 0.250. The number of carboxylic acids is 1. The maximum atomic E-state index is 13.4. The third kappa shape index (κ3) is 4.51. The number of carbonyl (C=O) groups is 3. The molecule has 11 nitrogen and oxygen atoms in total. The van der Waals surface area contributed by atoms with Gasteiger partial charge in [0.25, 0.3) is 5.69 Å². The third-order valence-electron chi connectivity index (χ3n) is 6.22. The molecule has 2 aromatic carbocycles. The summed E-state index contributed by atoms with van der Waals surface area (Å²) in [5.41, 5.74) is 1.89. The summed E-state index contributed by atoms with van der Waals surface area (Å²) in [6.45, 7) is 1.27. The molecule has 1 aromatic heterocycles. The van der Waals surface area contributed by atoms with Crippen molar-refractivity contribution in [3.63, 3.8) is 0 Å². The van der Waals surface area contributed by atoms with Crippen LogP contribution in [0.25, 0.3) is 0 Å². The number of H-pyrrole nitrogens is 1. The first-order chi connectivity index (χ1) is 17.6. The highest BCUT2D eigenvalue weighted by atomic mass is 32.2. The van der Waals surface area contributed by atoms with Gasteiger partial charge in [0.1, 0.15) is 24.2 Å². The van der Waals surface area contributed by atoms with Crippen molar-refractivity contribution in [2.24, 2.45) is 5.92 Å². The number of amides is 2. The van der Waals surface area contributed by atoms with Gasteiger partial charge in [-0.15, -0.1) is 0 Å². The summed E-state index contributed by atoms with van der Waals surface area (Å²) in [5, 5.41) is 20.3. The van der Waals surface area contributed by atoms with Crippen molar-refractivity contribution in [1.29, 1.82) is 0 Å². The molecule has 2 amide bonds. The number of imide groups is 1. The van der Waals surface area contributed by atoms with E-state index in [1.165, 1.54) is 18.2 Å². The van der Waals surface area contributed by atoms with Gasteiger partial charge in [-0.3, -0.25) is 34.2 Å². The van der Waals surface area contributed by atoms with Crippen LogP contribution < -0.4 is 9.61 Å². The first-order valence-corrected chi connectivity index (χ1v) is 12.8. The minimum Gasteiger partial charge on any atom is -0.489 e. The van der Waals surface area contributed by atoms with E-state index in [2.05, 4.69) is 4.98 Å². The number of aliphatic carboxylic acids is 1. The Morgan fingerprint density at radius 2 is 1.97 bits per heavy atom. The number of benzene rings is 2. The van der Waals surface area contributed by atoms with Crippen molar-refractivity contribution in [3.05, 3.63) is 83.8 Å². The minimum atomic E-state index is -1.34. The number of likely N-dealkylation sites (tertiary alicyclic amines) is 1. The predicted molar refractivity (Wildman–Crippen MR) is 133 cm³/mol. The van der Waals surface area contributed by atoms with Gasteiger partial charge < -0.3 is 14.8 Å². The fourth-order valence-corrected chi connectivity index (χ4v) is 7.22. The summed E-state index contributed by atoms with van der Waals surface area (Å²) in [4.78, 5) is 64.6. The Hall–Kier alpha value is -3.97. The lowest BCUT2D eigenvalue weighted by atomic mass is 9.82. The van der Waals surface area contributed by atoms with E-state index in [9.17, 15) is 34.4 Å². The zero-order chi connectivity index (χ0) is 26.4. The molecule has 1 saturated heterocycles. The number of aryl methyl sites for hydroxylation is 1. The van der Waals surface area contributed by atoms with Crippen LogP contribution in [0.4, 0.5) is 5.69 Å². The van der Waals surface area contributed by atoms with Gasteiger partial charge >= 0.3 is 10.8 Å². The quantitative estimate of drug-likeness (QED) is 0.260. The van der Waals surface area contributed by atoms with Crippen LogP contribution in [0.1, 0.15) is 27.5 Å². The highest BCUT2D eigenvalue weighted by Crippen LogP contribution is 2.54. The van der Waals surface area contributed by atoms with Crippen molar-refractivity contribution in [1.82, 2.24) is 9.88 Å².